The summed E-state index contributed by atoms with van der Waals surface area (Å²) in [7, 11) is 0. The predicted molar refractivity (Wildman–Crippen MR) is 119 cm³/mol. The Labute approximate surface area is 183 Å². The van der Waals surface area contributed by atoms with Crippen LogP contribution in [-0.2, 0) is 0 Å². The van der Waals surface area contributed by atoms with Gasteiger partial charge in [-0.2, -0.15) is 4.39 Å². The first-order valence-electron chi connectivity index (χ1n) is 9.78. The van der Waals surface area contributed by atoms with Gasteiger partial charge in [-0.05, 0) is 65.3 Å². The normalized spacial score (nSPS) is 15.2. The summed E-state index contributed by atoms with van der Waals surface area (Å²) in [6.45, 7) is 0. The summed E-state index contributed by atoms with van der Waals surface area (Å²) in [6, 6.07) is 18.5. The van der Waals surface area contributed by atoms with Crippen LogP contribution in [0.25, 0.3) is 22.0 Å². The highest BCUT2D eigenvalue weighted by Crippen LogP contribution is 2.46. The van der Waals surface area contributed by atoms with Gasteiger partial charge < -0.3 is 0 Å². The molecule has 30 heavy (non-hydrogen) atoms. The summed E-state index contributed by atoms with van der Waals surface area (Å²) in [5.41, 5.74) is 5.16. The maximum Gasteiger partial charge on any atom is 0.240 e. The van der Waals surface area contributed by atoms with E-state index in [0.717, 1.165) is 41.5 Å². The molecule has 1 N–H and O–H groups in total. The van der Waals surface area contributed by atoms with Crippen molar-refractivity contribution in [1.29, 1.82) is 0 Å². The van der Waals surface area contributed by atoms with Crippen molar-refractivity contribution in [3.8, 4) is 0 Å². The Bertz CT molecular complexity index is 1260. The van der Waals surface area contributed by atoms with Crippen LogP contribution >= 0.6 is 23.2 Å². The second kappa shape index (κ2) is 7.86. The monoisotopic (exact) mass is 436 g/mol. The van der Waals surface area contributed by atoms with Gasteiger partial charge in [0.1, 0.15) is 0 Å². The van der Waals surface area contributed by atoms with Crippen molar-refractivity contribution in [3.05, 3.63) is 93.6 Å². The summed E-state index contributed by atoms with van der Waals surface area (Å²) >= 11 is 12.7. The number of benzene rings is 2. The Balaban J connectivity index is 1.84. The molecule has 0 unspecified atom stereocenters. The second-order valence-corrected chi connectivity index (χ2v) is 8.30. The van der Waals surface area contributed by atoms with Crippen LogP contribution in [0.1, 0.15) is 36.1 Å². The number of aromatic amines is 1. The van der Waals surface area contributed by atoms with E-state index in [1.54, 1.807) is 12.3 Å². The fraction of sp³-hybridized carbons (Fsp3) is 0.167. The van der Waals surface area contributed by atoms with Crippen molar-refractivity contribution in [1.82, 2.24) is 15.2 Å². The van der Waals surface area contributed by atoms with E-state index in [4.69, 9.17) is 23.2 Å². The van der Waals surface area contributed by atoms with Crippen LogP contribution in [0.15, 0.2) is 54.7 Å². The van der Waals surface area contributed by atoms with Gasteiger partial charge in [0.25, 0.3) is 0 Å². The Morgan fingerprint density at radius 1 is 1.13 bits per heavy atom. The molecule has 5 rings (SSSR count). The molecule has 1 fully saturated rings. The van der Waals surface area contributed by atoms with Crippen LogP contribution in [0.3, 0.4) is 0 Å². The number of hydrogen-bond donors (Lipinski definition) is 1. The number of pyridine rings is 1. The third kappa shape index (κ3) is 3.40. The fourth-order valence-electron chi connectivity index (χ4n) is 3.97. The zero-order valence-electron chi connectivity index (χ0n) is 15.9. The summed E-state index contributed by atoms with van der Waals surface area (Å²) in [4.78, 5) is 4.59. The summed E-state index contributed by atoms with van der Waals surface area (Å²) in [6.07, 6.45) is 4.87. The maximum atomic E-state index is 14.2. The van der Waals surface area contributed by atoms with Gasteiger partial charge in [-0.3, -0.25) is 10.1 Å². The average Bonchev–Trinajstić information content (AvgIpc) is 3.08. The molecular formula is C24H17Cl2FN3. The summed E-state index contributed by atoms with van der Waals surface area (Å²) in [5.74, 6) is -0.208. The van der Waals surface area contributed by atoms with Gasteiger partial charge in [-0.15, -0.1) is 5.10 Å². The van der Waals surface area contributed by atoms with E-state index in [2.05, 4.69) is 21.2 Å². The van der Waals surface area contributed by atoms with E-state index in [0.29, 0.717) is 32.6 Å². The van der Waals surface area contributed by atoms with Gasteiger partial charge >= 0.3 is 0 Å². The lowest BCUT2D eigenvalue weighted by Crippen LogP contribution is -2.16. The highest BCUT2D eigenvalue weighted by Gasteiger charge is 2.29. The van der Waals surface area contributed by atoms with Crippen LogP contribution in [0.4, 0.5) is 4.39 Å². The number of halogens is 3. The van der Waals surface area contributed by atoms with Crippen molar-refractivity contribution in [3.63, 3.8) is 0 Å². The van der Waals surface area contributed by atoms with Crippen LogP contribution in [0.5, 0.6) is 0 Å². The van der Waals surface area contributed by atoms with Crippen molar-refractivity contribution in [2.24, 2.45) is 5.92 Å². The Kier molecular flexibility index (Phi) is 5.05. The number of H-pyrrole nitrogens is 1. The first-order chi connectivity index (χ1) is 14.6. The molecular weight excluding hydrogens is 420 g/mol. The van der Waals surface area contributed by atoms with E-state index in [-0.39, 0.29) is 0 Å². The van der Waals surface area contributed by atoms with Gasteiger partial charge in [-0.1, -0.05) is 60.0 Å². The third-order valence-corrected chi connectivity index (χ3v) is 6.12. The van der Waals surface area contributed by atoms with Gasteiger partial charge in [0.05, 0.1) is 26.6 Å². The van der Waals surface area contributed by atoms with E-state index < -0.39 is 5.95 Å². The minimum Gasteiger partial charge on any atom is -0.275 e. The van der Waals surface area contributed by atoms with E-state index in [1.807, 2.05) is 42.5 Å². The van der Waals surface area contributed by atoms with Crippen LogP contribution in [-0.4, -0.2) is 15.2 Å². The number of hydrogen-bond acceptors (Lipinski definition) is 2. The number of rotatable bonds is 4. The van der Waals surface area contributed by atoms with Gasteiger partial charge in [-0.25, -0.2) is 0 Å². The molecule has 0 saturated heterocycles. The summed E-state index contributed by atoms with van der Waals surface area (Å²) < 4.78 is 14.2. The lowest BCUT2D eigenvalue weighted by Gasteiger charge is -2.31. The van der Waals surface area contributed by atoms with Crippen LogP contribution in [0.2, 0.25) is 10.0 Å². The van der Waals surface area contributed by atoms with Gasteiger partial charge in [0, 0.05) is 6.20 Å². The summed E-state index contributed by atoms with van der Waals surface area (Å²) in [5, 5.41) is 7.86. The van der Waals surface area contributed by atoms with Crippen molar-refractivity contribution in [2.75, 3.05) is 0 Å². The smallest absolute Gasteiger partial charge is 0.240 e. The molecule has 1 radical (unpaired) electrons. The minimum atomic E-state index is -0.518. The van der Waals surface area contributed by atoms with Crippen molar-refractivity contribution in [2.45, 2.75) is 19.3 Å². The molecule has 0 spiro atoms. The van der Waals surface area contributed by atoms with E-state index in [9.17, 15) is 4.39 Å². The molecule has 0 amide bonds. The molecule has 1 aliphatic rings. The lowest BCUT2D eigenvalue weighted by atomic mass is 9.74. The lowest BCUT2D eigenvalue weighted by molar-refractivity contribution is 0.400. The van der Waals surface area contributed by atoms with Crippen molar-refractivity contribution < 1.29 is 4.39 Å². The molecule has 1 aliphatic carbocycles. The van der Waals surface area contributed by atoms with Crippen molar-refractivity contribution >= 4 is 45.3 Å². The molecule has 149 valence electrons. The predicted octanol–water partition coefficient (Wildman–Crippen LogP) is 6.96. The zero-order valence-corrected chi connectivity index (χ0v) is 17.4. The molecule has 1 saturated carbocycles. The molecule has 2 aromatic carbocycles. The topological polar surface area (TPSA) is 41.6 Å². The van der Waals surface area contributed by atoms with Gasteiger partial charge in [0.2, 0.25) is 5.95 Å². The van der Waals surface area contributed by atoms with Crippen LogP contribution < -0.4 is 0 Å². The molecule has 0 bridgehead atoms. The van der Waals surface area contributed by atoms with E-state index >= 15 is 0 Å². The molecule has 3 nitrogen and oxygen atoms in total. The highest BCUT2D eigenvalue weighted by molar-refractivity contribution is 6.35. The SMILES string of the molecule is Fc1n[nH]c2ccc(/C(=C(/c3ncc(Cl)cc3Cl)C3CCC3)c3[c]cccc3)cc12. The third-order valence-electron chi connectivity index (χ3n) is 5.63. The zero-order chi connectivity index (χ0) is 20.7. The molecule has 0 aliphatic heterocycles. The number of allylic oxidation sites excluding steroid dienone is 1. The molecule has 4 aromatic rings. The number of nitrogens with one attached hydrogen (secondary N) is 1. The maximum absolute atomic E-state index is 14.2. The highest BCUT2D eigenvalue weighted by atomic mass is 35.5. The number of fused-ring (bicyclic) bond motifs is 1. The Hall–Kier alpha value is -2.69. The van der Waals surface area contributed by atoms with Crippen LogP contribution in [0, 0.1) is 17.9 Å². The molecule has 2 heterocycles. The number of aromatic nitrogens is 3. The molecule has 6 heteroatoms. The second-order valence-electron chi connectivity index (χ2n) is 7.45. The largest absolute Gasteiger partial charge is 0.275 e. The average molecular weight is 437 g/mol. The molecule has 2 aromatic heterocycles. The van der Waals surface area contributed by atoms with Gasteiger partial charge in [0.15, 0.2) is 0 Å². The standard InChI is InChI=1S/C24H17Cl2FN3/c25-17-12-19(26)23(28-13-17)22(15-7-4-8-15)21(14-5-2-1-3-6-14)16-9-10-20-18(11-16)24(27)30-29-20/h1-3,5,9-13,15H,4,7-8H2,(H,29,30)/b22-21+. The number of nitrogens with zero attached hydrogens (tertiary/aromatic N) is 2. The minimum absolute atomic E-state index is 0.310. The fourth-order valence-corrected chi connectivity index (χ4v) is 4.45. The quantitative estimate of drug-likeness (QED) is 0.375. The Morgan fingerprint density at radius 2 is 2.00 bits per heavy atom. The van der Waals surface area contributed by atoms with E-state index in [1.165, 1.54) is 0 Å². The Morgan fingerprint density at radius 3 is 2.70 bits per heavy atom. The first kappa shape index (κ1) is 19.3. The molecule has 0 atom stereocenters. The first-order valence-corrected chi connectivity index (χ1v) is 10.5.